The van der Waals surface area contributed by atoms with Crippen molar-refractivity contribution in [2.24, 2.45) is 0 Å². The van der Waals surface area contributed by atoms with Gasteiger partial charge in [0.15, 0.2) is 5.82 Å². The number of hydrogen-bond donors (Lipinski definition) is 2. The molecule has 1 aromatic carbocycles. The fourth-order valence-electron chi connectivity index (χ4n) is 3.02. The normalized spacial score (nSPS) is 14.6. The summed E-state index contributed by atoms with van der Waals surface area (Å²) in [6.07, 6.45) is 2.29. The Bertz CT molecular complexity index is 672. The fraction of sp³-hybridized carbons (Fsp3) is 0.438. The van der Waals surface area contributed by atoms with Crippen LogP contribution in [-0.2, 0) is 6.42 Å². The highest BCUT2D eigenvalue weighted by Gasteiger charge is 2.19. The zero-order chi connectivity index (χ0) is 15.1. The van der Waals surface area contributed by atoms with Gasteiger partial charge in [0.05, 0.1) is 0 Å². The Hall–Kier alpha value is -2.17. The molecule has 112 valence electrons. The molecule has 0 amide bonds. The fourth-order valence-corrected chi connectivity index (χ4v) is 3.02. The zero-order valence-corrected chi connectivity index (χ0v) is 12.9. The van der Waals surface area contributed by atoms with E-state index in [1.165, 1.54) is 22.3 Å². The van der Waals surface area contributed by atoms with Gasteiger partial charge in [0, 0.05) is 30.8 Å². The number of benzene rings is 1. The molecule has 1 aliphatic heterocycles. The van der Waals surface area contributed by atoms with Crippen LogP contribution in [0.1, 0.15) is 37.6 Å². The Labute approximate surface area is 125 Å². The lowest BCUT2D eigenvalue weighted by molar-refractivity contribution is 0.739. The number of aryl methyl sites for hydroxylation is 1. The van der Waals surface area contributed by atoms with Crippen molar-refractivity contribution in [1.29, 1.82) is 0 Å². The standard InChI is InChI=1S/C16H23N5/c1-10(2)16-19-14(15(17)21(16)18)12-6-7-13-11(9-12)5-4-8-20(13)3/h6-7,9-10H,4-5,8,17-18H2,1-3H3. The van der Waals surface area contributed by atoms with Gasteiger partial charge in [0.2, 0.25) is 0 Å². The molecule has 0 spiro atoms. The van der Waals surface area contributed by atoms with Gasteiger partial charge < -0.3 is 16.5 Å². The number of nitrogen functional groups attached to an aromatic ring is 2. The largest absolute Gasteiger partial charge is 0.382 e. The van der Waals surface area contributed by atoms with Gasteiger partial charge in [-0.2, -0.15) is 0 Å². The molecule has 2 aromatic rings. The van der Waals surface area contributed by atoms with E-state index in [4.69, 9.17) is 11.6 Å². The van der Waals surface area contributed by atoms with Gasteiger partial charge in [-0.05, 0) is 30.5 Å². The molecule has 0 fully saturated rings. The molecular formula is C16H23N5. The van der Waals surface area contributed by atoms with Gasteiger partial charge in [-0.15, -0.1) is 0 Å². The van der Waals surface area contributed by atoms with Crippen molar-refractivity contribution in [3.05, 3.63) is 29.6 Å². The summed E-state index contributed by atoms with van der Waals surface area (Å²) in [5.74, 6) is 7.62. The summed E-state index contributed by atoms with van der Waals surface area (Å²) in [7, 11) is 2.14. The molecule has 2 heterocycles. The van der Waals surface area contributed by atoms with Crippen LogP contribution in [0.5, 0.6) is 0 Å². The van der Waals surface area contributed by atoms with Gasteiger partial charge in [0.1, 0.15) is 11.5 Å². The molecule has 0 bridgehead atoms. The lowest BCUT2D eigenvalue weighted by Crippen LogP contribution is -2.24. The molecule has 0 saturated heterocycles. The second-order valence-electron chi connectivity index (χ2n) is 6.10. The molecule has 5 nitrogen and oxygen atoms in total. The molecular weight excluding hydrogens is 262 g/mol. The van der Waals surface area contributed by atoms with Crippen LogP contribution >= 0.6 is 0 Å². The van der Waals surface area contributed by atoms with Gasteiger partial charge in [0.25, 0.3) is 0 Å². The van der Waals surface area contributed by atoms with E-state index in [0.717, 1.165) is 30.0 Å². The second-order valence-corrected chi connectivity index (χ2v) is 6.10. The van der Waals surface area contributed by atoms with Crippen molar-refractivity contribution in [2.75, 3.05) is 30.1 Å². The van der Waals surface area contributed by atoms with Crippen LogP contribution in [0, 0.1) is 0 Å². The highest BCUT2D eigenvalue weighted by Crippen LogP contribution is 2.33. The Kier molecular flexibility index (Phi) is 3.27. The summed E-state index contributed by atoms with van der Waals surface area (Å²) in [5.41, 5.74) is 10.6. The van der Waals surface area contributed by atoms with Gasteiger partial charge in [-0.3, -0.25) is 0 Å². The topological polar surface area (TPSA) is 73.1 Å². The smallest absolute Gasteiger partial charge is 0.150 e. The number of imidazole rings is 1. The van der Waals surface area contributed by atoms with E-state index in [2.05, 4.69) is 49.0 Å². The van der Waals surface area contributed by atoms with Gasteiger partial charge >= 0.3 is 0 Å². The van der Waals surface area contributed by atoms with E-state index in [9.17, 15) is 0 Å². The summed E-state index contributed by atoms with van der Waals surface area (Å²) in [4.78, 5) is 6.95. The van der Waals surface area contributed by atoms with Crippen LogP contribution < -0.4 is 16.5 Å². The van der Waals surface area contributed by atoms with Crippen molar-refractivity contribution in [2.45, 2.75) is 32.6 Å². The van der Waals surface area contributed by atoms with Crippen molar-refractivity contribution in [3.8, 4) is 11.3 Å². The number of nitrogens with two attached hydrogens (primary N) is 2. The summed E-state index contributed by atoms with van der Waals surface area (Å²) in [6, 6.07) is 6.45. The molecule has 0 unspecified atom stereocenters. The van der Waals surface area contributed by atoms with Crippen LogP contribution in [-0.4, -0.2) is 23.3 Å². The minimum Gasteiger partial charge on any atom is -0.382 e. The van der Waals surface area contributed by atoms with Crippen LogP contribution in [0.4, 0.5) is 11.5 Å². The number of aromatic nitrogens is 2. The Morgan fingerprint density at radius 3 is 2.71 bits per heavy atom. The first-order chi connectivity index (χ1) is 9.99. The molecule has 21 heavy (non-hydrogen) atoms. The maximum atomic E-state index is 6.14. The average molecular weight is 285 g/mol. The summed E-state index contributed by atoms with van der Waals surface area (Å²) < 4.78 is 1.51. The highest BCUT2D eigenvalue weighted by atomic mass is 15.4. The van der Waals surface area contributed by atoms with Crippen molar-refractivity contribution in [1.82, 2.24) is 9.66 Å². The van der Waals surface area contributed by atoms with E-state index in [1.807, 2.05) is 0 Å². The zero-order valence-electron chi connectivity index (χ0n) is 12.9. The minimum atomic E-state index is 0.245. The number of fused-ring (bicyclic) bond motifs is 1. The number of rotatable bonds is 2. The van der Waals surface area contributed by atoms with E-state index < -0.39 is 0 Å². The Morgan fingerprint density at radius 1 is 1.29 bits per heavy atom. The van der Waals surface area contributed by atoms with Crippen LogP contribution in [0.2, 0.25) is 0 Å². The van der Waals surface area contributed by atoms with Crippen LogP contribution in [0.15, 0.2) is 18.2 Å². The summed E-state index contributed by atoms with van der Waals surface area (Å²) in [5, 5.41) is 0. The first-order valence-electron chi connectivity index (χ1n) is 7.46. The lowest BCUT2D eigenvalue weighted by atomic mass is 9.98. The third kappa shape index (κ3) is 2.22. The highest BCUT2D eigenvalue weighted by molar-refractivity contribution is 5.74. The van der Waals surface area contributed by atoms with E-state index in [0.29, 0.717) is 5.82 Å². The maximum absolute atomic E-state index is 6.14. The molecule has 3 rings (SSSR count). The quantitative estimate of drug-likeness (QED) is 0.831. The third-order valence-electron chi connectivity index (χ3n) is 4.20. The second kappa shape index (κ2) is 4.98. The maximum Gasteiger partial charge on any atom is 0.150 e. The minimum absolute atomic E-state index is 0.245. The molecule has 5 heteroatoms. The van der Waals surface area contributed by atoms with E-state index >= 15 is 0 Å². The predicted octanol–water partition coefficient (Wildman–Crippen LogP) is 2.35. The molecule has 0 atom stereocenters. The van der Waals surface area contributed by atoms with Gasteiger partial charge in [-0.25, -0.2) is 9.66 Å². The summed E-state index contributed by atoms with van der Waals surface area (Å²) in [6.45, 7) is 5.25. The van der Waals surface area contributed by atoms with Gasteiger partial charge in [-0.1, -0.05) is 19.9 Å². The van der Waals surface area contributed by atoms with Crippen molar-refractivity contribution in [3.63, 3.8) is 0 Å². The third-order valence-corrected chi connectivity index (χ3v) is 4.20. The van der Waals surface area contributed by atoms with Crippen LogP contribution in [0.25, 0.3) is 11.3 Å². The Balaban J connectivity index is 2.07. The van der Waals surface area contributed by atoms with Crippen molar-refractivity contribution >= 4 is 11.5 Å². The molecule has 0 aliphatic carbocycles. The van der Waals surface area contributed by atoms with Crippen molar-refractivity contribution < 1.29 is 0 Å². The molecule has 1 aliphatic rings. The first kappa shape index (κ1) is 13.8. The van der Waals surface area contributed by atoms with E-state index in [-0.39, 0.29) is 5.92 Å². The number of nitrogens with zero attached hydrogens (tertiary/aromatic N) is 3. The first-order valence-corrected chi connectivity index (χ1v) is 7.46. The predicted molar refractivity (Wildman–Crippen MR) is 87.9 cm³/mol. The van der Waals surface area contributed by atoms with E-state index in [1.54, 1.807) is 0 Å². The number of hydrogen-bond acceptors (Lipinski definition) is 4. The van der Waals surface area contributed by atoms with Crippen LogP contribution in [0.3, 0.4) is 0 Å². The lowest BCUT2D eigenvalue weighted by Gasteiger charge is -2.27. The molecule has 0 saturated carbocycles. The average Bonchev–Trinajstić information content (AvgIpc) is 2.75. The summed E-state index contributed by atoms with van der Waals surface area (Å²) >= 11 is 0. The Morgan fingerprint density at radius 2 is 2.05 bits per heavy atom. The molecule has 0 radical (unpaired) electrons. The SMILES string of the molecule is CC(C)c1nc(-c2ccc3c(c2)CCCN3C)c(N)n1N. The molecule has 4 N–H and O–H groups in total. The number of anilines is 2. The monoisotopic (exact) mass is 285 g/mol. The molecule has 1 aromatic heterocycles.